The van der Waals surface area contributed by atoms with Crippen LogP contribution in [0.15, 0.2) is 22.5 Å². The van der Waals surface area contributed by atoms with Crippen LogP contribution >= 0.6 is 12.2 Å². The molecule has 1 saturated heterocycles. The van der Waals surface area contributed by atoms with Gasteiger partial charge >= 0.3 is 0 Å². The van der Waals surface area contributed by atoms with Gasteiger partial charge in [0.25, 0.3) is 5.56 Å². The summed E-state index contributed by atoms with van der Waals surface area (Å²) in [4.78, 5) is 14.6. The predicted molar refractivity (Wildman–Crippen MR) is 82.9 cm³/mol. The maximum atomic E-state index is 11.9. The number of nitrogens with one attached hydrogen (secondary N) is 2. The van der Waals surface area contributed by atoms with E-state index in [0.29, 0.717) is 23.6 Å². The van der Waals surface area contributed by atoms with Gasteiger partial charge in [-0.25, -0.2) is 0 Å². The van der Waals surface area contributed by atoms with Crippen LogP contribution in [0.3, 0.4) is 0 Å². The van der Waals surface area contributed by atoms with E-state index in [-0.39, 0.29) is 16.9 Å². The molecule has 1 fully saturated rings. The number of aliphatic hydroxyl groups is 1. The second kappa shape index (κ2) is 5.75. The van der Waals surface area contributed by atoms with E-state index >= 15 is 0 Å². The first kappa shape index (κ1) is 16.2. The lowest BCUT2D eigenvalue weighted by molar-refractivity contribution is -0.166. The minimum atomic E-state index is -0.819. The van der Waals surface area contributed by atoms with Gasteiger partial charge in [0.1, 0.15) is 6.61 Å². The number of ether oxygens (including phenoxy) is 3. The number of aromatic nitrogens is 2. The standard InChI is InChI=1S/C14H19N3O5S/c1-14(2)21-9-8(6-18)20-12(10(9)22-14)17-5-7(4-15-3)11(19)16-13(17)23/h5,10,12,15,18H,4,6H2,1-3H3,(H,16,19,23)/t10?,12-/m1/s1. The molecule has 1 aromatic rings. The molecule has 0 spiro atoms. The Morgan fingerprint density at radius 1 is 1.52 bits per heavy atom. The molecular weight excluding hydrogens is 322 g/mol. The Kier molecular flexibility index (Phi) is 4.05. The van der Waals surface area contributed by atoms with Gasteiger partial charge in [-0.1, -0.05) is 0 Å². The number of hydrogen-bond acceptors (Lipinski definition) is 7. The molecule has 9 heteroatoms. The average molecular weight is 341 g/mol. The fraction of sp³-hybridized carbons (Fsp3) is 0.571. The van der Waals surface area contributed by atoms with Gasteiger partial charge in [0.15, 0.2) is 22.4 Å². The number of aromatic amines is 1. The van der Waals surface area contributed by atoms with Crippen molar-refractivity contribution in [2.24, 2.45) is 0 Å². The van der Waals surface area contributed by atoms with Crippen molar-refractivity contribution < 1.29 is 19.3 Å². The summed E-state index contributed by atoms with van der Waals surface area (Å²) in [6, 6.07) is 0. The van der Waals surface area contributed by atoms with Crippen molar-refractivity contribution in [3.8, 4) is 0 Å². The summed E-state index contributed by atoms with van der Waals surface area (Å²) in [5.41, 5.74) is 0.264. The van der Waals surface area contributed by atoms with Gasteiger partial charge in [-0.3, -0.25) is 14.3 Å². The Bertz CT molecular complexity index is 766. The van der Waals surface area contributed by atoms with Crippen LogP contribution in [0.4, 0.5) is 0 Å². The van der Waals surface area contributed by atoms with Crippen LogP contribution in [0.2, 0.25) is 0 Å². The first-order valence-electron chi connectivity index (χ1n) is 7.22. The molecule has 3 N–H and O–H groups in total. The van der Waals surface area contributed by atoms with Gasteiger partial charge < -0.3 is 24.6 Å². The zero-order valence-electron chi connectivity index (χ0n) is 13.1. The van der Waals surface area contributed by atoms with Crippen LogP contribution in [-0.2, 0) is 20.8 Å². The van der Waals surface area contributed by atoms with Crippen LogP contribution in [-0.4, -0.2) is 40.2 Å². The van der Waals surface area contributed by atoms with Crippen molar-refractivity contribution in [3.05, 3.63) is 38.4 Å². The Labute approximate surface area is 137 Å². The van der Waals surface area contributed by atoms with Crippen LogP contribution in [0, 0.1) is 4.77 Å². The van der Waals surface area contributed by atoms with Crippen molar-refractivity contribution in [2.45, 2.75) is 38.5 Å². The summed E-state index contributed by atoms with van der Waals surface area (Å²) in [6.45, 7) is 3.64. The molecule has 1 unspecified atom stereocenters. The van der Waals surface area contributed by atoms with E-state index in [9.17, 15) is 9.90 Å². The second-order valence-corrected chi connectivity index (χ2v) is 6.23. The molecule has 126 valence electrons. The van der Waals surface area contributed by atoms with E-state index < -0.39 is 18.1 Å². The highest BCUT2D eigenvalue weighted by molar-refractivity contribution is 7.71. The van der Waals surface area contributed by atoms with E-state index in [2.05, 4.69) is 10.3 Å². The third-order valence-corrected chi connectivity index (χ3v) is 3.96. The number of nitrogens with zero attached hydrogens (tertiary/aromatic N) is 1. The largest absolute Gasteiger partial charge is 0.465 e. The summed E-state index contributed by atoms with van der Waals surface area (Å²) < 4.78 is 19.1. The maximum absolute atomic E-state index is 11.9. The molecule has 0 amide bonds. The molecule has 3 rings (SSSR count). The minimum absolute atomic E-state index is 0.215. The number of hydrogen-bond donors (Lipinski definition) is 3. The molecule has 23 heavy (non-hydrogen) atoms. The molecule has 0 radical (unpaired) electrons. The molecule has 2 aliphatic heterocycles. The number of H-pyrrole nitrogens is 1. The summed E-state index contributed by atoms with van der Waals surface area (Å²) in [6.07, 6.45) is 0.454. The summed E-state index contributed by atoms with van der Waals surface area (Å²) >= 11 is 5.24. The molecule has 0 saturated carbocycles. The van der Waals surface area contributed by atoms with Crippen molar-refractivity contribution >= 4 is 12.2 Å². The molecule has 1 aromatic heterocycles. The predicted octanol–water partition coefficient (Wildman–Crippen LogP) is 0.509. The zero-order chi connectivity index (χ0) is 16.8. The smallest absolute Gasteiger partial charge is 0.256 e. The highest BCUT2D eigenvalue weighted by Gasteiger charge is 2.50. The van der Waals surface area contributed by atoms with Gasteiger partial charge in [-0.2, -0.15) is 0 Å². The molecule has 3 heterocycles. The third-order valence-electron chi connectivity index (χ3n) is 3.65. The number of rotatable bonds is 4. The van der Waals surface area contributed by atoms with Gasteiger partial charge in [-0.15, -0.1) is 0 Å². The minimum Gasteiger partial charge on any atom is -0.465 e. The summed E-state index contributed by atoms with van der Waals surface area (Å²) in [7, 11) is 1.75. The Morgan fingerprint density at radius 2 is 2.26 bits per heavy atom. The Morgan fingerprint density at radius 3 is 2.91 bits per heavy atom. The van der Waals surface area contributed by atoms with E-state index in [0.717, 1.165) is 0 Å². The molecule has 2 aliphatic rings. The Hall–Kier alpha value is -1.68. The number of aliphatic hydroxyl groups excluding tert-OH is 1. The Balaban J connectivity index is 2.02. The van der Waals surface area contributed by atoms with E-state index in [1.54, 1.807) is 31.7 Å². The monoisotopic (exact) mass is 341 g/mol. The van der Waals surface area contributed by atoms with Crippen molar-refractivity contribution in [2.75, 3.05) is 13.7 Å². The van der Waals surface area contributed by atoms with Gasteiger partial charge in [0.2, 0.25) is 12.0 Å². The molecule has 8 nitrogen and oxygen atoms in total. The summed E-state index contributed by atoms with van der Waals surface area (Å²) in [5, 5.41) is 12.4. The zero-order valence-corrected chi connectivity index (χ0v) is 13.9. The first-order valence-corrected chi connectivity index (χ1v) is 7.63. The fourth-order valence-corrected chi connectivity index (χ4v) is 2.97. The fourth-order valence-electron chi connectivity index (χ4n) is 2.73. The van der Waals surface area contributed by atoms with Crippen LogP contribution in [0.1, 0.15) is 25.6 Å². The van der Waals surface area contributed by atoms with E-state index in [1.165, 1.54) is 0 Å². The number of fused-ring (bicyclic) bond motifs is 1. The topological polar surface area (TPSA) is 97.7 Å². The molecule has 0 aromatic carbocycles. The SMILES string of the molecule is CNCc1cn([C@@H]2OC(CO)=C3OC(C)(C)OC32)c(=S)[nH]c1=O. The lowest BCUT2D eigenvalue weighted by atomic mass is 10.2. The van der Waals surface area contributed by atoms with Gasteiger partial charge in [-0.05, 0) is 19.3 Å². The summed E-state index contributed by atoms with van der Waals surface area (Å²) in [5.74, 6) is -0.0414. The van der Waals surface area contributed by atoms with Crippen LogP contribution < -0.4 is 10.9 Å². The van der Waals surface area contributed by atoms with Crippen molar-refractivity contribution in [3.63, 3.8) is 0 Å². The average Bonchev–Trinajstić information content (AvgIpc) is 2.95. The van der Waals surface area contributed by atoms with Crippen LogP contribution in [0.25, 0.3) is 0 Å². The molecule has 0 bridgehead atoms. The van der Waals surface area contributed by atoms with Gasteiger partial charge in [0.05, 0.1) is 0 Å². The molecular formula is C14H19N3O5S. The van der Waals surface area contributed by atoms with E-state index in [1.807, 2.05) is 0 Å². The lowest BCUT2D eigenvalue weighted by Gasteiger charge is -2.24. The highest BCUT2D eigenvalue weighted by Crippen LogP contribution is 2.44. The van der Waals surface area contributed by atoms with Crippen molar-refractivity contribution in [1.29, 1.82) is 0 Å². The third kappa shape index (κ3) is 2.80. The first-order chi connectivity index (χ1) is 10.9. The normalized spacial score (nSPS) is 25.2. The quantitative estimate of drug-likeness (QED) is 0.687. The van der Waals surface area contributed by atoms with Crippen molar-refractivity contribution in [1.82, 2.24) is 14.9 Å². The van der Waals surface area contributed by atoms with E-state index in [4.69, 9.17) is 26.4 Å². The second-order valence-electron chi connectivity index (χ2n) is 5.85. The highest BCUT2D eigenvalue weighted by atomic mass is 32.1. The van der Waals surface area contributed by atoms with Crippen LogP contribution in [0.5, 0.6) is 0 Å². The molecule has 2 atom stereocenters. The lowest BCUT2D eigenvalue weighted by Crippen LogP contribution is -2.30. The maximum Gasteiger partial charge on any atom is 0.256 e. The molecule has 0 aliphatic carbocycles. The van der Waals surface area contributed by atoms with Gasteiger partial charge in [0, 0.05) is 32.2 Å².